The fraction of sp³-hybridized carbons (Fsp3) is 0.194. The summed E-state index contributed by atoms with van der Waals surface area (Å²) in [6.07, 6.45) is 3.66. The zero-order valence-corrected chi connectivity index (χ0v) is 24.5. The Balaban J connectivity index is 1.46. The van der Waals surface area contributed by atoms with Gasteiger partial charge in [0, 0.05) is 35.1 Å². The molecule has 0 radical (unpaired) electrons. The summed E-state index contributed by atoms with van der Waals surface area (Å²) in [5.41, 5.74) is 1.82. The number of non-ortho nitro benzene ring substituents is 1. The Bertz CT molecular complexity index is 1900. The molecular weight excluding hydrogens is 570 g/mol. The molecule has 0 bridgehead atoms. The lowest BCUT2D eigenvalue weighted by molar-refractivity contribution is -0.384. The van der Waals surface area contributed by atoms with Gasteiger partial charge in [0.1, 0.15) is 17.2 Å². The number of para-hydroxylation sites is 1. The van der Waals surface area contributed by atoms with Crippen LogP contribution in [-0.2, 0) is 10.2 Å². The lowest BCUT2D eigenvalue weighted by Gasteiger charge is -2.38. The van der Waals surface area contributed by atoms with Gasteiger partial charge in [-0.2, -0.15) is 0 Å². The van der Waals surface area contributed by atoms with E-state index in [4.69, 9.17) is 4.74 Å². The molecule has 224 valence electrons. The molecule has 45 heavy (non-hydrogen) atoms. The number of fused-ring (bicyclic) bond motifs is 6. The fourth-order valence-electron chi connectivity index (χ4n) is 7.24. The van der Waals surface area contributed by atoms with Crippen LogP contribution in [0.5, 0.6) is 5.75 Å². The van der Waals surface area contributed by atoms with Crippen LogP contribution in [0, 0.1) is 16.0 Å². The van der Waals surface area contributed by atoms with Crippen molar-refractivity contribution in [3.8, 4) is 5.75 Å². The monoisotopic (exact) mass is 599 g/mol. The number of ether oxygens (including phenoxy) is 1. The first-order valence-corrected chi connectivity index (χ1v) is 14.8. The Morgan fingerprint density at radius 2 is 1.53 bits per heavy atom. The maximum absolute atomic E-state index is 14.8. The Kier molecular flexibility index (Phi) is 6.62. The molecular formula is C36H29N3O6. The van der Waals surface area contributed by atoms with Crippen molar-refractivity contribution in [2.75, 3.05) is 5.32 Å². The van der Waals surface area contributed by atoms with Crippen LogP contribution in [-0.4, -0.2) is 39.4 Å². The predicted octanol–water partition coefficient (Wildman–Crippen LogP) is 6.36. The van der Waals surface area contributed by atoms with Gasteiger partial charge in [-0.15, -0.1) is 0 Å². The number of amides is 1. The summed E-state index contributed by atoms with van der Waals surface area (Å²) in [6.45, 7) is 3.83. The van der Waals surface area contributed by atoms with Gasteiger partial charge in [-0.1, -0.05) is 42.5 Å². The Morgan fingerprint density at radius 1 is 0.889 bits per heavy atom. The number of anilines is 1. The first-order valence-electron chi connectivity index (χ1n) is 14.8. The molecule has 1 saturated heterocycles. The van der Waals surface area contributed by atoms with E-state index in [1.165, 1.54) is 24.3 Å². The standard InChI is InChI=1S/C36H29N3O6/c1-21(2)45-26-17-13-24(14-18-26)33(41)31-30(32(40)23-11-15-25(16-12-23)39(43)44)36(28-9-5-6-10-29(28)37-35(36)42)34-27-8-4-3-7-22(27)19-20-38(31)34/h3-21,30-31,34H,1-2H3,(H,37,42)/t30-,31+,34-,36+/m1/s1. The molecule has 0 saturated carbocycles. The number of benzene rings is 4. The van der Waals surface area contributed by atoms with Crippen LogP contribution in [0.25, 0.3) is 6.08 Å². The quantitative estimate of drug-likeness (QED) is 0.149. The van der Waals surface area contributed by atoms with Gasteiger partial charge >= 0.3 is 0 Å². The van der Waals surface area contributed by atoms with Crippen molar-refractivity contribution in [2.24, 2.45) is 5.92 Å². The topological polar surface area (TPSA) is 119 Å². The fourth-order valence-corrected chi connectivity index (χ4v) is 7.24. The third kappa shape index (κ3) is 4.26. The number of carbonyl (C=O) groups is 3. The van der Waals surface area contributed by atoms with Crippen molar-refractivity contribution in [3.63, 3.8) is 0 Å². The van der Waals surface area contributed by atoms with E-state index in [1.54, 1.807) is 30.3 Å². The molecule has 4 atom stereocenters. The van der Waals surface area contributed by atoms with Crippen molar-refractivity contribution < 1.29 is 24.0 Å². The van der Waals surface area contributed by atoms with Crippen LogP contribution >= 0.6 is 0 Å². The third-order valence-corrected chi connectivity index (χ3v) is 8.99. The zero-order valence-electron chi connectivity index (χ0n) is 24.5. The second-order valence-electron chi connectivity index (χ2n) is 11.8. The number of nitrogens with zero attached hydrogens (tertiary/aromatic N) is 2. The molecule has 4 aromatic rings. The number of Topliss-reactive ketones (excluding diaryl/α,β-unsaturated/α-hetero) is 2. The predicted molar refractivity (Wildman–Crippen MR) is 168 cm³/mol. The number of nitrogens with one attached hydrogen (secondary N) is 1. The van der Waals surface area contributed by atoms with Crippen LogP contribution in [0.4, 0.5) is 11.4 Å². The van der Waals surface area contributed by atoms with E-state index < -0.39 is 34.1 Å². The van der Waals surface area contributed by atoms with E-state index >= 15 is 0 Å². The van der Waals surface area contributed by atoms with Crippen LogP contribution in [0.15, 0.2) is 103 Å². The summed E-state index contributed by atoms with van der Waals surface area (Å²) in [5, 5.41) is 14.4. The molecule has 0 aromatic heterocycles. The second kappa shape index (κ2) is 10.6. The first-order chi connectivity index (χ1) is 21.7. The molecule has 1 fully saturated rings. The van der Waals surface area contributed by atoms with Crippen molar-refractivity contribution in [2.45, 2.75) is 37.5 Å². The van der Waals surface area contributed by atoms with Gasteiger partial charge in [-0.25, -0.2) is 0 Å². The lowest BCUT2D eigenvalue weighted by Crippen LogP contribution is -2.49. The van der Waals surface area contributed by atoms with Gasteiger partial charge in [0.05, 0.1) is 23.0 Å². The molecule has 3 heterocycles. The molecule has 9 nitrogen and oxygen atoms in total. The van der Waals surface area contributed by atoms with Gasteiger partial charge < -0.3 is 15.0 Å². The Labute approximate surface area is 259 Å². The van der Waals surface area contributed by atoms with E-state index in [0.717, 1.165) is 11.1 Å². The van der Waals surface area contributed by atoms with E-state index in [0.29, 0.717) is 22.6 Å². The minimum Gasteiger partial charge on any atom is -0.491 e. The summed E-state index contributed by atoms with van der Waals surface area (Å²) < 4.78 is 5.78. The highest BCUT2D eigenvalue weighted by molar-refractivity contribution is 6.16. The third-order valence-electron chi connectivity index (χ3n) is 8.99. The molecule has 0 aliphatic carbocycles. The van der Waals surface area contributed by atoms with Crippen molar-refractivity contribution in [1.82, 2.24) is 4.90 Å². The molecule has 1 spiro atoms. The number of carbonyl (C=O) groups excluding carboxylic acids is 3. The second-order valence-corrected chi connectivity index (χ2v) is 11.8. The van der Waals surface area contributed by atoms with Crippen LogP contribution in [0.2, 0.25) is 0 Å². The molecule has 3 aliphatic rings. The number of hydrogen-bond acceptors (Lipinski definition) is 7. The number of hydrogen-bond donors (Lipinski definition) is 1. The molecule has 3 aliphatic heterocycles. The lowest BCUT2D eigenvalue weighted by atomic mass is 9.62. The maximum atomic E-state index is 14.8. The molecule has 4 aromatic carbocycles. The van der Waals surface area contributed by atoms with E-state index in [1.807, 2.05) is 73.5 Å². The first kappa shape index (κ1) is 28.2. The highest BCUT2D eigenvalue weighted by Crippen LogP contribution is 2.62. The zero-order chi connectivity index (χ0) is 31.5. The van der Waals surface area contributed by atoms with Gasteiger partial charge in [-0.3, -0.25) is 24.5 Å². The average molecular weight is 600 g/mol. The highest BCUT2D eigenvalue weighted by Gasteiger charge is 2.70. The molecule has 9 heteroatoms. The van der Waals surface area contributed by atoms with Gasteiger partial charge in [0.25, 0.3) is 5.69 Å². The molecule has 7 rings (SSSR count). The van der Waals surface area contributed by atoms with Gasteiger partial charge in [-0.05, 0) is 79.1 Å². The number of nitro groups is 1. The summed E-state index contributed by atoms with van der Waals surface area (Å²) in [6, 6.07) is 25.3. The van der Waals surface area contributed by atoms with Crippen LogP contribution in [0.3, 0.4) is 0 Å². The van der Waals surface area contributed by atoms with Crippen LogP contribution < -0.4 is 10.1 Å². The van der Waals surface area contributed by atoms with Gasteiger partial charge in [0.15, 0.2) is 11.6 Å². The minimum absolute atomic E-state index is 0.0507. The van der Waals surface area contributed by atoms with Crippen LogP contribution in [0.1, 0.15) is 57.3 Å². The Morgan fingerprint density at radius 3 is 2.24 bits per heavy atom. The summed E-state index contributed by atoms with van der Waals surface area (Å²) in [4.78, 5) is 56.8. The number of ketones is 2. The minimum atomic E-state index is -1.49. The van der Waals surface area contributed by atoms with Gasteiger partial charge in [0.2, 0.25) is 5.91 Å². The Hall–Kier alpha value is -5.57. The smallest absolute Gasteiger partial charge is 0.269 e. The van der Waals surface area contributed by atoms with Crippen molar-refractivity contribution >= 4 is 34.9 Å². The summed E-state index contributed by atoms with van der Waals surface area (Å²) in [7, 11) is 0. The van der Waals surface area contributed by atoms with Crippen molar-refractivity contribution in [1.29, 1.82) is 0 Å². The summed E-state index contributed by atoms with van der Waals surface area (Å²) in [5.74, 6) is -1.72. The van der Waals surface area contributed by atoms with E-state index in [2.05, 4.69) is 5.32 Å². The largest absolute Gasteiger partial charge is 0.491 e. The normalized spacial score (nSPS) is 22.5. The van der Waals surface area contributed by atoms with Crippen molar-refractivity contribution in [3.05, 3.63) is 141 Å². The number of nitro benzene ring substituents is 1. The summed E-state index contributed by atoms with van der Waals surface area (Å²) >= 11 is 0. The molecule has 0 unspecified atom stereocenters. The molecule has 1 amide bonds. The SMILES string of the molecule is CC(C)Oc1ccc(C(=O)[C@@H]2[C@H](C(=O)c3ccc([N+](=O)[O-])cc3)[C@]3(C(=O)Nc4ccccc43)[C@H]3c4ccccc4C=CN23)cc1. The maximum Gasteiger partial charge on any atom is 0.269 e. The average Bonchev–Trinajstić information content (AvgIpc) is 3.52. The number of rotatable bonds is 7. The van der Waals surface area contributed by atoms with E-state index in [9.17, 15) is 24.5 Å². The molecule has 1 N–H and O–H groups in total. The van der Waals surface area contributed by atoms with E-state index in [-0.39, 0.29) is 29.0 Å². The highest BCUT2D eigenvalue weighted by atomic mass is 16.6.